The summed E-state index contributed by atoms with van der Waals surface area (Å²) in [5.74, 6) is -0.878. The summed E-state index contributed by atoms with van der Waals surface area (Å²) in [6, 6.07) is 15.5. The minimum atomic E-state index is -0.878. The number of rotatable bonds is 5. The van der Waals surface area contributed by atoms with E-state index in [-0.39, 0.29) is 7.43 Å². The van der Waals surface area contributed by atoms with E-state index in [2.05, 4.69) is 35.8 Å². The minimum Gasteiger partial charge on any atom is -0.478 e. The Labute approximate surface area is 211 Å². The Morgan fingerprint density at radius 1 is 0.971 bits per heavy atom. The number of carbonyl (C=O) groups is 1. The Morgan fingerprint density at radius 3 is 2.12 bits per heavy atom. The molecule has 0 spiro atoms. The van der Waals surface area contributed by atoms with Gasteiger partial charge in [0, 0.05) is 43.4 Å². The van der Waals surface area contributed by atoms with Crippen LogP contribution in [-0.4, -0.2) is 48.7 Å². The molecule has 186 valence electrons. The maximum absolute atomic E-state index is 11.1. The Hall–Kier alpha value is -2.30. The first-order valence-electron chi connectivity index (χ1n) is 12.1. The van der Waals surface area contributed by atoms with Gasteiger partial charge in [0.2, 0.25) is 0 Å². The maximum atomic E-state index is 11.1. The number of piperazine rings is 1. The molecule has 0 aromatic heterocycles. The lowest BCUT2D eigenvalue weighted by Crippen LogP contribution is -2.47. The van der Waals surface area contributed by atoms with E-state index in [1.165, 1.54) is 17.6 Å². The molecule has 0 atom stereocenters. The van der Waals surface area contributed by atoms with E-state index >= 15 is 0 Å². The molecule has 0 bridgehead atoms. The van der Waals surface area contributed by atoms with Gasteiger partial charge in [0.25, 0.3) is 0 Å². The number of hydrogen-bond donors (Lipinski definition) is 1. The first-order valence-corrected chi connectivity index (χ1v) is 12.5. The van der Waals surface area contributed by atoms with Crippen molar-refractivity contribution in [3.63, 3.8) is 0 Å². The maximum Gasteiger partial charge on any atom is 0.335 e. The van der Waals surface area contributed by atoms with Crippen molar-refractivity contribution in [1.29, 1.82) is 0 Å². The van der Waals surface area contributed by atoms with E-state index in [4.69, 9.17) is 16.7 Å². The standard InChI is InChI=1S/C26H31ClN2O2.C2H6.CH4/c1-26(2)12-11-24(19-3-7-22(27)8-4-19)21(17-26)18-28-13-15-29(16-14-28)23-9-5-20(6-10-23)25(30)31;1-2;/h3-10H,11-18H2,1-2H3,(H,30,31);1-2H3;1H4. The molecular weight excluding hydrogens is 444 g/mol. The lowest BCUT2D eigenvalue weighted by molar-refractivity contribution is 0.0697. The largest absolute Gasteiger partial charge is 0.478 e. The smallest absolute Gasteiger partial charge is 0.335 e. The van der Waals surface area contributed by atoms with Crippen LogP contribution in [0.2, 0.25) is 5.02 Å². The van der Waals surface area contributed by atoms with Crippen LogP contribution in [0.25, 0.3) is 5.57 Å². The number of benzene rings is 2. The quantitative estimate of drug-likeness (QED) is 0.477. The van der Waals surface area contributed by atoms with Gasteiger partial charge < -0.3 is 10.0 Å². The number of aromatic carboxylic acids is 1. The molecule has 2 aromatic carbocycles. The number of allylic oxidation sites excluding steroid dienone is 1. The summed E-state index contributed by atoms with van der Waals surface area (Å²) in [5, 5.41) is 9.89. The van der Waals surface area contributed by atoms with Gasteiger partial charge >= 0.3 is 5.97 Å². The summed E-state index contributed by atoms with van der Waals surface area (Å²) in [7, 11) is 0. The fraction of sp³-hybridized carbons (Fsp3) is 0.483. The molecule has 2 aromatic rings. The number of hydrogen-bond acceptors (Lipinski definition) is 3. The molecule has 5 heteroatoms. The Morgan fingerprint density at radius 2 is 1.56 bits per heavy atom. The second-order valence-electron chi connectivity index (χ2n) is 9.55. The van der Waals surface area contributed by atoms with Crippen molar-refractivity contribution in [3.8, 4) is 0 Å². The van der Waals surface area contributed by atoms with Crippen LogP contribution in [0.15, 0.2) is 54.1 Å². The third kappa shape index (κ3) is 7.10. The van der Waals surface area contributed by atoms with Crippen LogP contribution in [0.3, 0.4) is 0 Å². The first-order chi connectivity index (χ1) is 15.8. The van der Waals surface area contributed by atoms with Crippen molar-refractivity contribution in [2.45, 2.75) is 54.4 Å². The molecular formula is C29H41ClN2O2. The van der Waals surface area contributed by atoms with Gasteiger partial charge in [-0.05, 0) is 72.2 Å². The van der Waals surface area contributed by atoms with E-state index in [0.29, 0.717) is 11.0 Å². The molecule has 2 aliphatic rings. The highest BCUT2D eigenvalue weighted by molar-refractivity contribution is 6.30. The Kier molecular flexibility index (Phi) is 10.2. The van der Waals surface area contributed by atoms with E-state index in [9.17, 15) is 4.79 Å². The number of carboxylic acids is 1. The zero-order valence-electron chi connectivity index (χ0n) is 20.4. The van der Waals surface area contributed by atoms with Crippen LogP contribution >= 0.6 is 11.6 Å². The van der Waals surface area contributed by atoms with Gasteiger partial charge in [0.15, 0.2) is 0 Å². The molecule has 1 heterocycles. The van der Waals surface area contributed by atoms with E-state index in [0.717, 1.165) is 56.3 Å². The predicted octanol–water partition coefficient (Wildman–Crippen LogP) is 7.49. The van der Waals surface area contributed by atoms with Crippen molar-refractivity contribution in [1.82, 2.24) is 4.90 Å². The number of halogens is 1. The Balaban J connectivity index is 0.00000133. The molecule has 4 nitrogen and oxygen atoms in total. The van der Waals surface area contributed by atoms with E-state index in [1.54, 1.807) is 17.7 Å². The van der Waals surface area contributed by atoms with Gasteiger partial charge in [0.1, 0.15) is 0 Å². The molecule has 1 N–H and O–H groups in total. The van der Waals surface area contributed by atoms with Crippen LogP contribution in [0, 0.1) is 5.41 Å². The summed E-state index contributed by atoms with van der Waals surface area (Å²) in [6.45, 7) is 13.7. The van der Waals surface area contributed by atoms with E-state index in [1.807, 2.05) is 38.1 Å². The lowest BCUT2D eigenvalue weighted by atomic mass is 9.73. The van der Waals surface area contributed by atoms with Crippen LogP contribution in [0.4, 0.5) is 5.69 Å². The fourth-order valence-electron chi connectivity index (χ4n) is 4.81. The highest BCUT2D eigenvalue weighted by Gasteiger charge is 2.29. The molecule has 34 heavy (non-hydrogen) atoms. The molecule has 1 fully saturated rings. The lowest BCUT2D eigenvalue weighted by Gasteiger charge is -2.39. The van der Waals surface area contributed by atoms with Crippen molar-refractivity contribution in [2.24, 2.45) is 5.41 Å². The average Bonchev–Trinajstić information content (AvgIpc) is 2.81. The van der Waals surface area contributed by atoms with Crippen molar-refractivity contribution in [2.75, 3.05) is 37.6 Å². The van der Waals surface area contributed by atoms with Crippen molar-refractivity contribution in [3.05, 3.63) is 70.3 Å². The van der Waals surface area contributed by atoms with Crippen LogP contribution in [0.5, 0.6) is 0 Å². The summed E-state index contributed by atoms with van der Waals surface area (Å²) in [6.07, 6.45) is 3.48. The highest BCUT2D eigenvalue weighted by atomic mass is 35.5. The minimum absolute atomic E-state index is 0. The summed E-state index contributed by atoms with van der Waals surface area (Å²) >= 11 is 6.12. The van der Waals surface area contributed by atoms with Crippen LogP contribution < -0.4 is 4.90 Å². The predicted molar refractivity (Wildman–Crippen MR) is 146 cm³/mol. The summed E-state index contributed by atoms with van der Waals surface area (Å²) < 4.78 is 0. The SMILES string of the molecule is C.CC.CC1(C)CCC(c2ccc(Cl)cc2)=C(CN2CCN(c3ccc(C(=O)O)cc3)CC2)C1. The third-order valence-corrected chi connectivity index (χ3v) is 6.88. The zero-order chi connectivity index (χ0) is 24.0. The number of nitrogens with zero attached hydrogens (tertiary/aromatic N) is 2. The monoisotopic (exact) mass is 484 g/mol. The van der Waals surface area contributed by atoms with Gasteiger partial charge in [-0.15, -0.1) is 0 Å². The normalized spacial score (nSPS) is 18.0. The Bertz CT molecular complexity index is 957. The van der Waals surface area contributed by atoms with E-state index < -0.39 is 5.97 Å². The molecule has 0 amide bonds. The van der Waals surface area contributed by atoms with Crippen LogP contribution in [0.1, 0.15) is 70.3 Å². The van der Waals surface area contributed by atoms with Gasteiger partial charge in [-0.2, -0.15) is 0 Å². The van der Waals surface area contributed by atoms with Gasteiger partial charge in [-0.25, -0.2) is 4.79 Å². The topological polar surface area (TPSA) is 43.8 Å². The summed E-state index contributed by atoms with van der Waals surface area (Å²) in [5.41, 5.74) is 6.17. The molecule has 1 aliphatic carbocycles. The first kappa shape index (κ1) is 27.9. The van der Waals surface area contributed by atoms with Crippen molar-refractivity contribution < 1.29 is 9.90 Å². The number of carboxylic acid groups (broad SMARTS) is 1. The van der Waals surface area contributed by atoms with Crippen molar-refractivity contribution >= 4 is 28.8 Å². The van der Waals surface area contributed by atoms with Gasteiger partial charge in [-0.1, -0.05) is 64.4 Å². The molecule has 0 radical (unpaired) electrons. The highest BCUT2D eigenvalue weighted by Crippen LogP contribution is 2.42. The zero-order valence-corrected chi connectivity index (χ0v) is 21.2. The summed E-state index contributed by atoms with van der Waals surface area (Å²) in [4.78, 5) is 16.0. The molecule has 0 saturated carbocycles. The third-order valence-electron chi connectivity index (χ3n) is 6.63. The van der Waals surface area contributed by atoms with Gasteiger partial charge in [-0.3, -0.25) is 4.90 Å². The van der Waals surface area contributed by atoms with Crippen LogP contribution in [-0.2, 0) is 0 Å². The second-order valence-corrected chi connectivity index (χ2v) is 9.98. The molecule has 0 unspecified atom stereocenters. The molecule has 1 aliphatic heterocycles. The van der Waals surface area contributed by atoms with Gasteiger partial charge in [0.05, 0.1) is 5.56 Å². The average molecular weight is 485 g/mol. The number of anilines is 1. The molecule has 1 saturated heterocycles. The molecule has 4 rings (SSSR count). The second kappa shape index (κ2) is 12.4. The fourth-order valence-corrected chi connectivity index (χ4v) is 4.94.